The lowest BCUT2D eigenvalue weighted by Gasteiger charge is -1.84. The van der Waals surface area contributed by atoms with E-state index in [1.807, 2.05) is 30.3 Å². The maximum absolute atomic E-state index is 5.54. The second kappa shape index (κ2) is 9.88. The molecular formula is C11H16Cl2. The Balaban J connectivity index is 0.000000226. The zero-order valence-electron chi connectivity index (χ0n) is 7.97. The maximum Gasteiger partial charge on any atom is 0.0405 e. The van der Waals surface area contributed by atoms with Crippen molar-refractivity contribution < 1.29 is 0 Å². The summed E-state index contributed by atoms with van der Waals surface area (Å²) in [6, 6.07) is 9.44. The standard InChI is InChI=1S/C6H5Cl.C5H11Cl/c7-6-4-2-1-3-5-6;1-2-3-4-5-6/h1-5H;2-5H2,1H3. The van der Waals surface area contributed by atoms with Gasteiger partial charge < -0.3 is 0 Å². The summed E-state index contributed by atoms with van der Waals surface area (Å²) in [7, 11) is 0. The number of hydrogen-bond donors (Lipinski definition) is 0. The van der Waals surface area contributed by atoms with Gasteiger partial charge in [-0.15, -0.1) is 11.6 Å². The van der Waals surface area contributed by atoms with E-state index < -0.39 is 0 Å². The fourth-order valence-corrected chi connectivity index (χ4v) is 1.09. The highest BCUT2D eigenvalue weighted by Gasteiger charge is 1.77. The summed E-state index contributed by atoms with van der Waals surface area (Å²) in [6.45, 7) is 2.17. The largest absolute Gasteiger partial charge is 0.127 e. The van der Waals surface area contributed by atoms with E-state index in [0.29, 0.717) is 0 Å². The topological polar surface area (TPSA) is 0 Å². The molecular weight excluding hydrogens is 203 g/mol. The van der Waals surface area contributed by atoms with Gasteiger partial charge in [-0.3, -0.25) is 0 Å². The van der Waals surface area contributed by atoms with E-state index in [1.165, 1.54) is 19.3 Å². The molecule has 2 heteroatoms. The van der Waals surface area contributed by atoms with Crippen molar-refractivity contribution >= 4 is 23.2 Å². The van der Waals surface area contributed by atoms with Crippen LogP contribution in [0.4, 0.5) is 0 Å². The van der Waals surface area contributed by atoms with E-state index in [0.717, 1.165) is 10.9 Å². The van der Waals surface area contributed by atoms with Crippen LogP contribution >= 0.6 is 23.2 Å². The van der Waals surface area contributed by atoms with Gasteiger partial charge in [0.05, 0.1) is 0 Å². The van der Waals surface area contributed by atoms with E-state index in [2.05, 4.69) is 6.92 Å². The van der Waals surface area contributed by atoms with E-state index in [9.17, 15) is 0 Å². The molecule has 0 fully saturated rings. The zero-order chi connectivity index (χ0) is 9.94. The molecule has 1 rings (SSSR count). The Labute approximate surface area is 90.9 Å². The molecule has 74 valence electrons. The third-order valence-electron chi connectivity index (χ3n) is 1.47. The van der Waals surface area contributed by atoms with Crippen molar-refractivity contribution in [3.8, 4) is 0 Å². The Morgan fingerprint density at radius 2 is 1.69 bits per heavy atom. The molecule has 0 spiro atoms. The number of hydrogen-bond acceptors (Lipinski definition) is 0. The first-order chi connectivity index (χ1) is 6.31. The Bertz CT molecular complexity index is 181. The number of halogens is 2. The highest BCUT2D eigenvalue weighted by Crippen LogP contribution is 2.03. The van der Waals surface area contributed by atoms with Gasteiger partial charge in [0.15, 0.2) is 0 Å². The van der Waals surface area contributed by atoms with Crippen LogP contribution in [-0.4, -0.2) is 5.88 Å². The lowest BCUT2D eigenvalue weighted by molar-refractivity contribution is 0.776. The van der Waals surface area contributed by atoms with Crippen LogP contribution in [0.15, 0.2) is 30.3 Å². The molecule has 0 unspecified atom stereocenters. The van der Waals surface area contributed by atoms with Crippen molar-refractivity contribution in [3.05, 3.63) is 35.4 Å². The molecule has 1 aromatic carbocycles. The van der Waals surface area contributed by atoms with E-state index >= 15 is 0 Å². The predicted molar refractivity (Wildman–Crippen MR) is 61.7 cm³/mol. The summed E-state index contributed by atoms with van der Waals surface area (Å²) in [5.74, 6) is 0.827. The van der Waals surface area contributed by atoms with Crippen LogP contribution in [0, 0.1) is 0 Å². The summed E-state index contributed by atoms with van der Waals surface area (Å²) in [5, 5.41) is 0.794. The van der Waals surface area contributed by atoms with E-state index in [4.69, 9.17) is 23.2 Å². The van der Waals surface area contributed by atoms with Gasteiger partial charge in [-0.05, 0) is 18.6 Å². The number of rotatable bonds is 3. The SMILES string of the molecule is CCCCCCl.Clc1ccccc1. The molecule has 0 N–H and O–H groups in total. The highest BCUT2D eigenvalue weighted by molar-refractivity contribution is 6.30. The number of unbranched alkanes of at least 4 members (excludes halogenated alkanes) is 2. The van der Waals surface area contributed by atoms with Crippen molar-refractivity contribution in [2.45, 2.75) is 26.2 Å². The minimum atomic E-state index is 0.794. The molecule has 0 aromatic heterocycles. The molecule has 13 heavy (non-hydrogen) atoms. The maximum atomic E-state index is 5.54. The first-order valence-corrected chi connectivity index (χ1v) is 5.49. The third-order valence-corrected chi connectivity index (χ3v) is 1.99. The molecule has 0 atom stereocenters. The minimum absolute atomic E-state index is 0.794. The Morgan fingerprint density at radius 3 is 1.92 bits per heavy atom. The summed E-state index contributed by atoms with van der Waals surface area (Å²) < 4.78 is 0. The molecule has 0 bridgehead atoms. The van der Waals surface area contributed by atoms with Crippen LogP contribution in [0.3, 0.4) is 0 Å². The van der Waals surface area contributed by atoms with E-state index in [-0.39, 0.29) is 0 Å². The fraction of sp³-hybridized carbons (Fsp3) is 0.455. The van der Waals surface area contributed by atoms with Gasteiger partial charge in [0, 0.05) is 10.9 Å². The molecule has 0 saturated carbocycles. The van der Waals surface area contributed by atoms with Crippen molar-refractivity contribution in [2.24, 2.45) is 0 Å². The average Bonchev–Trinajstić information content (AvgIpc) is 2.17. The van der Waals surface area contributed by atoms with Gasteiger partial charge in [0.2, 0.25) is 0 Å². The second-order valence-electron chi connectivity index (χ2n) is 2.69. The van der Waals surface area contributed by atoms with Gasteiger partial charge in [-0.1, -0.05) is 49.6 Å². The quantitative estimate of drug-likeness (QED) is 0.508. The lowest BCUT2D eigenvalue weighted by Crippen LogP contribution is -1.70. The van der Waals surface area contributed by atoms with Gasteiger partial charge in [-0.2, -0.15) is 0 Å². The molecule has 0 aliphatic heterocycles. The lowest BCUT2D eigenvalue weighted by atomic mass is 10.3. The average molecular weight is 219 g/mol. The second-order valence-corrected chi connectivity index (χ2v) is 3.51. The van der Waals surface area contributed by atoms with Crippen molar-refractivity contribution in [1.82, 2.24) is 0 Å². The summed E-state index contributed by atoms with van der Waals surface area (Å²) >= 11 is 10.9. The molecule has 1 aromatic rings. The van der Waals surface area contributed by atoms with Gasteiger partial charge in [0.25, 0.3) is 0 Å². The number of benzene rings is 1. The van der Waals surface area contributed by atoms with Crippen molar-refractivity contribution in [1.29, 1.82) is 0 Å². The molecule has 0 heterocycles. The van der Waals surface area contributed by atoms with Crippen LogP contribution in [0.5, 0.6) is 0 Å². The monoisotopic (exact) mass is 218 g/mol. The Hall–Kier alpha value is -0.200. The first-order valence-electron chi connectivity index (χ1n) is 4.57. The van der Waals surface area contributed by atoms with Crippen molar-refractivity contribution in [3.63, 3.8) is 0 Å². The molecule has 0 amide bonds. The number of alkyl halides is 1. The summed E-state index contributed by atoms with van der Waals surface area (Å²) in [5.41, 5.74) is 0. The normalized spacial score (nSPS) is 8.85. The molecule has 0 aliphatic rings. The van der Waals surface area contributed by atoms with Crippen LogP contribution in [0.2, 0.25) is 5.02 Å². The van der Waals surface area contributed by atoms with Crippen LogP contribution in [0.25, 0.3) is 0 Å². The van der Waals surface area contributed by atoms with Gasteiger partial charge in [-0.25, -0.2) is 0 Å². The van der Waals surface area contributed by atoms with Gasteiger partial charge in [0.1, 0.15) is 0 Å². The van der Waals surface area contributed by atoms with Crippen molar-refractivity contribution in [2.75, 3.05) is 5.88 Å². The minimum Gasteiger partial charge on any atom is -0.127 e. The molecule has 0 saturated heterocycles. The van der Waals surface area contributed by atoms with E-state index in [1.54, 1.807) is 0 Å². The fourth-order valence-electron chi connectivity index (χ4n) is 0.759. The van der Waals surface area contributed by atoms with Gasteiger partial charge >= 0.3 is 0 Å². The molecule has 0 nitrogen and oxygen atoms in total. The Kier molecular flexibility index (Phi) is 9.73. The predicted octanol–water partition coefficient (Wildman–Crippen LogP) is 4.76. The highest BCUT2D eigenvalue weighted by atomic mass is 35.5. The van der Waals surface area contributed by atoms with Crippen LogP contribution < -0.4 is 0 Å². The molecule has 0 aliphatic carbocycles. The van der Waals surface area contributed by atoms with Crippen LogP contribution in [0.1, 0.15) is 26.2 Å². The third kappa shape index (κ3) is 9.72. The first kappa shape index (κ1) is 12.8. The Morgan fingerprint density at radius 1 is 1.08 bits per heavy atom. The summed E-state index contributed by atoms with van der Waals surface area (Å²) in [6.07, 6.45) is 3.73. The molecule has 0 radical (unpaired) electrons. The zero-order valence-corrected chi connectivity index (χ0v) is 9.48. The van der Waals surface area contributed by atoms with Crippen LogP contribution in [-0.2, 0) is 0 Å². The smallest absolute Gasteiger partial charge is 0.0405 e. The summed E-state index contributed by atoms with van der Waals surface area (Å²) in [4.78, 5) is 0.